The number of halogens is 2. The van der Waals surface area contributed by atoms with E-state index in [-0.39, 0.29) is 11.7 Å². The van der Waals surface area contributed by atoms with Gasteiger partial charge < -0.3 is 10.5 Å². The van der Waals surface area contributed by atoms with Gasteiger partial charge in [0.05, 0.1) is 6.20 Å². The van der Waals surface area contributed by atoms with Crippen molar-refractivity contribution in [3.05, 3.63) is 45.7 Å². The van der Waals surface area contributed by atoms with Crippen LogP contribution in [-0.2, 0) is 0 Å². The van der Waals surface area contributed by atoms with Gasteiger partial charge in [-0.1, -0.05) is 23.8 Å². The van der Waals surface area contributed by atoms with Gasteiger partial charge in [0, 0.05) is 0 Å². The summed E-state index contributed by atoms with van der Waals surface area (Å²) < 4.78 is 19.4. The van der Waals surface area contributed by atoms with E-state index in [4.69, 9.17) is 10.5 Å². The number of nitrogens with zero attached hydrogens (tertiary/aromatic N) is 2. The number of benzene rings is 1. The van der Waals surface area contributed by atoms with E-state index in [1.165, 1.54) is 6.20 Å². The zero-order valence-corrected chi connectivity index (χ0v) is 12.8. The Hall–Kier alpha value is -1.69. The van der Waals surface area contributed by atoms with Crippen molar-refractivity contribution < 1.29 is 9.13 Å². The van der Waals surface area contributed by atoms with Crippen molar-refractivity contribution in [3.8, 4) is 5.88 Å². The van der Waals surface area contributed by atoms with Crippen LogP contribution in [0, 0.1) is 13.8 Å². The van der Waals surface area contributed by atoms with E-state index in [0.717, 1.165) is 16.7 Å². The van der Waals surface area contributed by atoms with Gasteiger partial charge in [-0.05, 0) is 40.9 Å². The Balaban J connectivity index is 2.33. The standard InChI is InChI=1S/C14H15BrFN3O/c1-8-3-4-9(2)10(5-8)11(6-16)20-14-13(17)18-7-12(15)19-14/h3-5,7,11H,6H2,1-2H3,(H2,17,18). The van der Waals surface area contributed by atoms with E-state index in [1.54, 1.807) is 0 Å². The van der Waals surface area contributed by atoms with Crippen LogP contribution in [0.15, 0.2) is 29.0 Å². The first kappa shape index (κ1) is 14.7. The number of aryl methyl sites for hydroxylation is 2. The molecule has 2 aromatic rings. The highest BCUT2D eigenvalue weighted by Gasteiger charge is 2.18. The van der Waals surface area contributed by atoms with E-state index in [9.17, 15) is 4.39 Å². The SMILES string of the molecule is Cc1ccc(C)c(C(CF)Oc2nc(Br)cnc2N)c1. The van der Waals surface area contributed by atoms with Crippen molar-refractivity contribution in [1.29, 1.82) is 0 Å². The molecule has 1 heterocycles. The van der Waals surface area contributed by atoms with Crippen molar-refractivity contribution in [2.75, 3.05) is 12.4 Å². The maximum absolute atomic E-state index is 13.3. The van der Waals surface area contributed by atoms with E-state index in [1.807, 2.05) is 32.0 Å². The highest BCUT2D eigenvalue weighted by Crippen LogP contribution is 2.28. The highest BCUT2D eigenvalue weighted by molar-refractivity contribution is 9.10. The molecule has 2 rings (SSSR count). The third-order valence-electron chi connectivity index (χ3n) is 2.91. The van der Waals surface area contributed by atoms with Gasteiger partial charge in [-0.25, -0.2) is 14.4 Å². The molecule has 0 spiro atoms. The van der Waals surface area contributed by atoms with Crippen LogP contribution >= 0.6 is 15.9 Å². The lowest BCUT2D eigenvalue weighted by molar-refractivity contribution is 0.160. The maximum Gasteiger partial charge on any atom is 0.259 e. The molecule has 2 N–H and O–H groups in total. The number of aromatic nitrogens is 2. The minimum atomic E-state index is -0.749. The van der Waals surface area contributed by atoms with Crippen LogP contribution in [0.2, 0.25) is 0 Å². The van der Waals surface area contributed by atoms with Gasteiger partial charge in [0.15, 0.2) is 11.9 Å². The molecular weight excluding hydrogens is 325 g/mol. The summed E-state index contributed by atoms with van der Waals surface area (Å²) in [5.74, 6) is 0.264. The van der Waals surface area contributed by atoms with E-state index >= 15 is 0 Å². The Labute approximate surface area is 125 Å². The number of nitrogens with two attached hydrogens (primary N) is 1. The molecule has 0 fully saturated rings. The summed E-state index contributed by atoms with van der Waals surface area (Å²) in [5.41, 5.74) is 8.48. The lowest BCUT2D eigenvalue weighted by atomic mass is 10.0. The molecule has 0 saturated carbocycles. The van der Waals surface area contributed by atoms with Crippen LogP contribution < -0.4 is 10.5 Å². The Morgan fingerprint density at radius 2 is 2.15 bits per heavy atom. The summed E-state index contributed by atoms with van der Waals surface area (Å²) in [6.45, 7) is 3.19. The Morgan fingerprint density at radius 1 is 1.40 bits per heavy atom. The smallest absolute Gasteiger partial charge is 0.259 e. The zero-order valence-electron chi connectivity index (χ0n) is 11.2. The summed E-state index contributed by atoms with van der Waals surface area (Å²) >= 11 is 3.19. The molecule has 0 aliphatic rings. The summed E-state index contributed by atoms with van der Waals surface area (Å²) in [4.78, 5) is 8.00. The van der Waals surface area contributed by atoms with Crippen LogP contribution in [-0.4, -0.2) is 16.6 Å². The molecule has 6 heteroatoms. The van der Waals surface area contributed by atoms with Gasteiger partial charge in [0.1, 0.15) is 11.3 Å². The minimum absolute atomic E-state index is 0.128. The second kappa shape index (κ2) is 6.17. The predicted octanol–water partition coefficient (Wildman–Crippen LogP) is 3.53. The second-order valence-electron chi connectivity index (χ2n) is 4.50. The normalized spacial score (nSPS) is 12.2. The number of rotatable bonds is 4. The molecule has 0 aliphatic carbocycles. The van der Waals surface area contributed by atoms with E-state index in [2.05, 4.69) is 25.9 Å². The van der Waals surface area contributed by atoms with Crippen molar-refractivity contribution in [2.45, 2.75) is 20.0 Å². The Kier molecular flexibility index (Phi) is 4.54. The number of alkyl halides is 1. The molecule has 0 amide bonds. The molecule has 0 saturated heterocycles. The Morgan fingerprint density at radius 3 is 2.85 bits per heavy atom. The van der Waals surface area contributed by atoms with Crippen molar-refractivity contribution in [3.63, 3.8) is 0 Å². The third-order valence-corrected chi connectivity index (χ3v) is 3.30. The fraction of sp³-hybridized carbons (Fsp3) is 0.286. The number of anilines is 1. The van der Waals surface area contributed by atoms with Crippen LogP contribution in [0.1, 0.15) is 22.8 Å². The second-order valence-corrected chi connectivity index (χ2v) is 5.32. The Bertz CT molecular complexity index is 621. The van der Waals surface area contributed by atoms with E-state index < -0.39 is 12.8 Å². The molecule has 1 aromatic carbocycles. The maximum atomic E-state index is 13.3. The van der Waals surface area contributed by atoms with Gasteiger partial charge >= 0.3 is 0 Å². The van der Waals surface area contributed by atoms with Crippen molar-refractivity contribution >= 4 is 21.7 Å². The molecule has 4 nitrogen and oxygen atoms in total. The highest BCUT2D eigenvalue weighted by atomic mass is 79.9. The summed E-state index contributed by atoms with van der Waals surface area (Å²) in [6.07, 6.45) is 0.714. The van der Waals surface area contributed by atoms with Crippen LogP contribution in [0.5, 0.6) is 5.88 Å². The molecule has 1 atom stereocenters. The van der Waals surface area contributed by atoms with E-state index in [0.29, 0.717) is 4.60 Å². The molecule has 0 bridgehead atoms. The van der Waals surface area contributed by atoms with Crippen molar-refractivity contribution in [2.24, 2.45) is 0 Å². The lowest BCUT2D eigenvalue weighted by Crippen LogP contribution is -2.14. The first-order valence-electron chi connectivity index (χ1n) is 6.09. The fourth-order valence-corrected chi connectivity index (χ4v) is 2.13. The molecule has 0 aliphatic heterocycles. The molecule has 1 unspecified atom stereocenters. The van der Waals surface area contributed by atoms with Gasteiger partial charge in [-0.15, -0.1) is 0 Å². The monoisotopic (exact) mass is 339 g/mol. The summed E-state index contributed by atoms with van der Waals surface area (Å²) in [5, 5.41) is 0. The van der Waals surface area contributed by atoms with Gasteiger partial charge in [0.2, 0.25) is 0 Å². The quantitative estimate of drug-likeness (QED) is 0.925. The summed E-state index contributed by atoms with van der Waals surface area (Å²) in [7, 11) is 0. The molecule has 20 heavy (non-hydrogen) atoms. The van der Waals surface area contributed by atoms with Gasteiger partial charge in [-0.3, -0.25) is 0 Å². The average molecular weight is 340 g/mol. The van der Waals surface area contributed by atoms with Gasteiger partial charge in [0.25, 0.3) is 5.88 Å². The van der Waals surface area contributed by atoms with Crippen LogP contribution in [0.3, 0.4) is 0 Å². The topological polar surface area (TPSA) is 61.0 Å². The average Bonchev–Trinajstić information content (AvgIpc) is 2.42. The predicted molar refractivity (Wildman–Crippen MR) is 79.4 cm³/mol. The number of ether oxygens (including phenoxy) is 1. The first-order valence-corrected chi connectivity index (χ1v) is 6.88. The largest absolute Gasteiger partial charge is 0.464 e. The minimum Gasteiger partial charge on any atom is -0.464 e. The fourth-order valence-electron chi connectivity index (χ4n) is 1.87. The molecule has 1 aromatic heterocycles. The molecule has 0 radical (unpaired) electrons. The summed E-state index contributed by atoms with van der Waals surface area (Å²) in [6, 6.07) is 5.81. The molecule has 106 valence electrons. The van der Waals surface area contributed by atoms with Crippen LogP contribution in [0.4, 0.5) is 10.2 Å². The number of hydrogen-bond donors (Lipinski definition) is 1. The van der Waals surface area contributed by atoms with Crippen LogP contribution in [0.25, 0.3) is 0 Å². The zero-order chi connectivity index (χ0) is 14.7. The number of hydrogen-bond acceptors (Lipinski definition) is 4. The van der Waals surface area contributed by atoms with Gasteiger partial charge in [-0.2, -0.15) is 0 Å². The third kappa shape index (κ3) is 3.25. The number of nitrogen functional groups attached to an aromatic ring is 1. The van der Waals surface area contributed by atoms with Crippen molar-refractivity contribution in [1.82, 2.24) is 9.97 Å². The lowest BCUT2D eigenvalue weighted by Gasteiger charge is -2.19. The first-order chi connectivity index (χ1) is 9.51. The molecular formula is C14H15BrFN3O.